The number of nitrogens with zero attached hydrogens (tertiary/aromatic N) is 1. The quantitative estimate of drug-likeness (QED) is 0.900. The molecule has 116 valence electrons. The predicted molar refractivity (Wildman–Crippen MR) is 93.7 cm³/mol. The number of anilines is 1. The summed E-state index contributed by atoms with van der Waals surface area (Å²) in [4.78, 5) is 4.08. The molecule has 3 nitrogen and oxygen atoms in total. The number of hydrogen-bond acceptors (Lipinski definition) is 2. The number of benzene rings is 2. The number of hydrogen-bond donors (Lipinski definition) is 1. The maximum Gasteiger partial charge on any atom is 0.142 e. The van der Waals surface area contributed by atoms with Gasteiger partial charge in [0.1, 0.15) is 12.3 Å². The highest BCUT2D eigenvalue weighted by atomic mass is 79.9. The summed E-state index contributed by atoms with van der Waals surface area (Å²) in [5.74, 6) is 0.971. The van der Waals surface area contributed by atoms with Crippen LogP contribution in [0.4, 0.5) is 5.69 Å². The zero-order valence-electron chi connectivity index (χ0n) is 12.9. The Morgan fingerprint density at radius 3 is 2.41 bits per heavy atom. The van der Waals surface area contributed by atoms with Crippen molar-refractivity contribution in [3.05, 3.63) is 58.6 Å². The molecule has 1 fully saturated rings. The standard InChI is InChI=1S/C18H21BrN2O/c1-22-18-5-3-2-4-17(18)21-12-10-20(11-13-21)14-15-6-8-16(19)9-7-15/h2-9H,10-14H2,1H3/p+1. The van der Waals surface area contributed by atoms with Crippen LogP contribution < -0.4 is 14.5 Å². The molecule has 1 N–H and O–H groups in total. The molecule has 1 aliphatic heterocycles. The smallest absolute Gasteiger partial charge is 0.142 e. The van der Waals surface area contributed by atoms with E-state index >= 15 is 0 Å². The molecule has 0 aromatic heterocycles. The van der Waals surface area contributed by atoms with Crippen molar-refractivity contribution in [3.63, 3.8) is 0 Å². The van der Waals surface area contributed by atoms with E-state index in [9.17, 15) is 0 Å². The maximum absolute atomic E-state index is 5.48. The molecule has 3 rings (SSSR count). The van der Waals surface area contributed by atoms with Gasteiger partial charge in [-0.2, -0.15) is 0 Å². The minimum atomic E-state index is 0.971. The number of halogens is 1. The van der Waals surface area contributed by atoms with Crippen molar-refractivity contribution in [2.45, 2.75) is 6.54 Å². The van der Waals surface area contributed by atoms with Gasteiger partial charge in [-0.1, -0.05) is 40.2 Å². The molecular weight excluding hydrogens is 340 g/mol. The highest BCUT2D eigenvalue weighted by molar-refractivity contribution is 9.10. The van der Waals surface area contributed by atoms with Gasteiger partial charge < -0.3 is 14.5 Å². The molecule has 1 aliphatic rings. The lowest BCUT2D eigenvalue weighted by atomic mass is 10.2. The van der Waals surface area contributed by atoms with Crippen molar-refractivity contribution >= 4 is 21.6 Å². The predicted octanol–water partition coefficient (Wildman–Crippen LogP) is 2.36. The second kappa shape index (κ2) is 7.16. The van der Waals surface area contributed by atoms with Gasteiger partial charge in [-0.15, -0.1) is 0 Å². The van der Waals surface area contributed by atoms with Crippen LogP contribution in [0, 0.1) is 0 Å². The van der Waals surface area contributed by atoms with E-state index in [1.165, 1.54) is 11.3 Å². The Kier molecular flexibility index (Phi) is 5.01. The molecule has 1 heterocycles. The second-order valence-corrected chi connectivity index (χ2v) is 6.63. The second-order valence-electron chi connectivity index (χ2n) is 5.71. The van der Waals surface area contributed by atoms with Gasteiger partial charge in [-0.3, -0.25) is 0 Å². The number of ether oxygens (including phenoxy) is 1. The van der Waals surface area contributed by atoms with Gasteiger partial charge >= 0.3 is 0 Å². The first-order valence-corrected chi connectivity index (χ1v) is 8.51. The Morgan fingerprint density at radius 1 is 1.05 bits per heavy atom. The van der Waals surface area contributed by atoms with Crippen molar-refractivity contribution in [3.8, 4) is 5.75 Å². The third-order valence-electron chi connectivity index (χ3n) is 4.26. The van der Waals surface area contributed by atoms with Crippen molar-refractivity contribution in [1.29, 1.82) is 0 Å². The number of rotatable bonds is 4. The minimum Gasteiger partial charge on any atom is -0.495 e. The average Bonchev–Trinajstić information content (AvgIpc) is 2.58. The van der Waals surface area contributed by atoms with Crippen LogP contribution in [-0.4, -0.2) is 33.3 Å². The molecule has 0 aliphatic carbocycles. The lowest BCUT2D eigenvalue weighted by Gasteiger charge is -2.34. The fourth-order valence-electron chi connectivity index (χ4n) is 3.02. The first-order valence-electron chi connectivity index (χ1n) is 7.72. The fraction of sp³-hybridized carbons (Fsp3) is 0.333. The molecule has 2 aromatic carbocycles. The van der Waals surface area contributed by atoms with E-state index in [1.54, 1.807) is 12.0 Å². The van der Waals surface area contributed by atoms with Gasteiger partial charge in [0.25, 0.3) is 0 Å². The number of para-hydroxylation sites is 2. The van der Waals surface area contributed by atoms with E-state index < -0.39 is 0 Å². The van der Waals surface area contributed by atoms with Crippen LogP contribution in [0.25, 0.3) is 0 Å². The van der Waals surface area contributed by atoms with E-state index in [2.05, 4.69) is 57.2 Å². The first-order chi connectivity index (χ1) is 10.8. The SMILES string of the molecule is COc1ccccc1N1CC[NH+](Cc2ccc(Br)cc2)CC1. The molecule has 0 unspecified atom stereocenters. The zero-order chi connectivity index (χ0) is 15.4. The van der Waals surface area contributed by atoms with Crippen molar-refractivity contribution in [1.82, 2.24) is 0 Å². The van der Waals surface area contributed by atoms with Gasteiger partial charge in [0.05, 0.1) is 39.0 Å². The van der Waals surface area contributed by atoms with Crippen molar-refractivity contribution in [2.75, 3.05) is 38.2 Å². The number of methoxy groups -OCH3 is 1. The summed E-state index contributed by atoms with van der Waals surface area (Å²) in [6, 6.07) is 17.0. The monoisotopic (exact) mass is 361 g/mol. The number of piperazine rings is 1. The van der Waals surface area contributed by atoms with Gasteiger partial charge in [-0.05, 0) is 24.3 Å². The van der Waals surface area contributed by atoms with Crippen LogP contribution in [0.1, 0.15) is 5.56 Å². The third kappa shape index (κ3) is 3.62. The summed E-state index contributed by atoms with van der Waals surface area (Å²) in [5, 5.41) is 0. The van der Waals surface area contributed by atoms with Gasteiger partial charge in [0, 0.05) is 10.0 Å². The van der Waals surface area contributed by atoms with Crippen LogP contribution in [0.2, 0.25) is 0 Å². The Balaban J connectivity index is 1.59. The molecule has 1 saturated heterocycles. The van der Waals surface area contributed by atoms with Crippen LogP contribution in [0.5, 0.6) is 5.75 Å². The normalized spacial score (nSPS) is 15.8. The lowest BCUT2D eigenvalue weighted by Crippen LogP contribution is -3.13. The summed E-state index contributed by atoms with van der Waals surface area (Å²) < 4.78 is 6.62. The zero-order valence-corrected chi connectivity index (χ0v) is 14.5. The molecule has 0 spiro atoms. The average molecular weight is 362 g/mol. The van der Waals surface area contributed by atoms with Gasteiger partial charge in [-0.25, -0.2) is 0 Å². The van der Waals surface area contributed by atoms with E-state index in [1.807, 2.05) is 12.1 Å². The lowest BCUT2D eigenvalue weighted by molar-refractivity contribution is -0.914. The van der Waals surface area contributed by atoms with E-state index in [-0.39, 0.29) is 0 Å². The van der Waals surface area contributed by atoms with Crippen LogP contribution >= 0.6 is 15.9 Å². The Bertz CT molecular complexity index is 607. The van der Waals surface area contributed by atoms with Gasteiger partial charge in [0.15, 0.2) is 0 Å². The van der Waals surface area contributed by atoms with Crippen molar-refractivity contribution < 1.29 is 9.64 Å². The van der Waals surface area contributed by atoms with E-state index in [0.717, 1.165) is 42.9 Å². The summed E-state index contributed by atoms with van der Waals surface area (Å²) in [7, 11) is 1.74. The van der Waals surface area contributed by atoms with Crippen LogP contribution in [0.15, 0.2) is 53.0 Å². The van der Waals surface area contributed by atoms with Gasteiger partial charge in [0.2, 0.25) is 0 Å². The van der Waals surface area contributed by atoms with Crippen molar-refractivity contribution in [2.24, 2.45) is 0 Å². The summed E-state index contributed by atoms with van der Waals surface area (Å²) in [6.07, 6.45) is 0. The first kappa shape index (κ1) is 15.4. The molecular formula is C18H22BrN2O+. The highest BCUT2D eigenvalue weighted by Gasteiger charge is 2.22. The molecule has 2 aromatic rings. The molecule has 4 heteroatoms. The van der Waals surface area contributed by atoms with E-state index in [4.69, 9.17) is 4.74 Å². The largest absolute Gasteiger partial charge is 0.495 e. The Labute approximate surface area is 140 Å². The molecule has 0 atom stereocenters. The molecule has 0 amide bonds. The fourth-order valence-corrected chi connectivity index (χ4v) is 3.29. The van der Waals surface area contributed by atoms with Crippen LogP contribution in [-0.2, 0) is 6.54 Å². The summed E-state index contributed by atoms with van der Waals surface area (Å²) in [6.45, 7) is 5.58. The molecule has 0 radical (unpaired) electrons. The minimum absolute atomic E-state index is 0.971. The Hall–Kier alpha value is -1.52. The molecule has 22 heavy (non-hydrogen) atoms. The van der Waals surface area contributed by atoms with E-state index in [0.29, 0.717) is 0 Å². The topological polar surface area (TPSA) is 16.9 Å². The maximum atomic E-state index is 5.48. The third-order valence-corrected chi connectivity index (χ3v) is 4.79. The number of nitrogens with one attached hydrogen (secondary N) is 1. The van der Waals surface area contributed by atoms with Crippen LogP contribution in [0.3, 0.4) is 0 Å². The molecule has 0 saturated carbocycles. The molecule has 0 bridgehead atoms. The number of quaternary nitrogens is 1. The summed E-state index contributed by atoms with van der Waals surface area (Å²) >= 11 is 3.49. The highest BCUT2D eigenvalue weighted by Crippen LogP contribution is 2.27. The Morgan fingerprint density at radius 2 is 1.73 bits per heavy atom. The summed E-state index contributed by atoms with van der Waals surface area (Å²) in [5.41, 5.74) is 2.62.